The smallest absolute Gasteiger partial charge is 0.488 e. The number of imide groups is 1. The predicted molar refractivity (Wildman–Crippen MR) is 148 cm³/mol. The van der Waals surface area contributed by atoms with Crippen molar-refractivity contribution >= 4 is 36.2 Å². The van der Waals surface area contributed by atoms with Crippen molar-refractivity contribution in [2.75, 3.05) is 25.2 Å². The van der Waals surface area contributed by atoms with Gasteiger partial charge in [-0.25, -0.2) is 4.39 Å². The van der Waals surface area contributed by atoms with Gasteiger partial charge in [-0.3, -0.25) is 14.5 Å². The zero-order valence-electron chi connectivity index (χ0n) is 22.5. The summed E-state index contributed by atoms with van der Waals surface area (Å²) in [6.45, 7) is 2.70. The van der Waals surface area contributed by atoms with E-state index in [4.69, 9.17) is 9.47 Å². The molecule has 2 aromatic carbocycles. The van der Waals surface area contributed by atoms with E-state index in [1.807, 2.05) is 13.0 Å². The van der Waals surface area contributed by atoms with Crippen molar-refractivity contribution in [2.24, 2.45) is 17.8 Å². The Hall–Kier alpha value is -3.31. The first kappa shape index (κ1) is 28.2. The second-order valence-electron chi connectivity index (χ2n) is 10.6. The summed E-state index contributed by atoms with van der Waals surface area (Å²) >= 11 is 0. The normalized spacial score (nSPS) is 24.5. The van der Waals surface area contributed by atoms with Crippen LogP contribution < -0.4 is 10.4 Å². The third-order valence-electron chi connectivity index (χ3n) is 8.28. The lowest BCUT2D eigenvalue weighted by molar-refractivity contribution is -0.122. The summed E-state index contributed by atoms with van der Waals surface area (Å²) in [6, 6.07) is 10.5. The van der Waals surface area contributed by atoms with Crippen LogP contribution in [0.5, 0.6) is 5.75 Å². The summed E-state index contributed by atoms with van der Waals surface area (Å²) in [5.74, 6) is -2.99. The molecule has 10 heteroatoms. The van der Waals surface area contributed by atoms with Crippen LogP contribution in [-0.2, 0) is 19.1 Å². The molecular weight excluding hydrogens is 516 g/mol. The van der Waals surface area contributed by atoms with Gasteiger partial charge < -0.3 is 24.6 Å². The number of hydrogen-bond donors (Lipinski definition) is 3. The van der Waals surface area contributed by atoms with Gasteiger partial charge in [0.15, 0.2) is 11.6 Å². The molecule has 4 atom stereocenters. The quantitative estimate of drug-likeness (QED) is 0.250. The predicted octanol–water partition coefficient (Wildman–Crippen LogP) is 2.95. The van der Waals surface area contributed by atoms with Gasteiger partial charge in [-0.2, -0.15) is 0 Å². The fraction of sp³-hybridized carbons (Fsp3) is 0.400. The first-order chi connectivity index (χ1) is 19.2. The molecule has 3 N–H and O–H groups in total. The number of carbonyl (C=O) groups excluding carboxylic acids is 2. The van der Waals surface area contributed by atoms with E-state index in [1.165, 1.54) is 29.2 Å². The molecule has 0 aromatic heterocycles. The number of rotatable bonds is 9. The van der Waals surface area contributed by atoms with Gasteiger partial charge in [0.1, 0.15) is 0 Å². The maximum atomic E-state index is 13.8. The molecule has 2 fully saturated rings. The Balaban J connectivity index is 1.38. The van der Waals surface area contributed by atoms with Crippen molar-refractivity contribution in [3.05, 3.63) is 70.6 Å². The highest BCUT2D eigenvalue weighted by atomic mass is 19.1. The van der Waals surface area contributed by atoms with E-state index in [2.05, 4.69) is 0 Å². The number of fused-ring (bicyclic) bond motifs is 3. The van der Waals surface area contributed by atoms with Gasteiger partial charge in [-0.15, -0.1) is 0 Å². The number of ether oxygens (including phenoxy) is 2. The maximum Gasteiger partial charge on any atom is 0.488 e. The van der Waals surface area contributed by atoms with Crippen LogP contribution >= 0.6 is 0 Å². The first-order valence-corrected chi connectivity index (χ1v) is 13.6. The molecule has 3 aliphatic rings. The Bertz CT molecular complexity index is 1370. The van der Waals surface area contributed by atoms with Crippen LogP contribution in [0.25, 0.3) is 6.08 Å². The van der Waals surface area contributed by atoms with Crippen molar-refractivity contribution in [2.45, 2.75) is 38.7 Å². The Morgan fingerprint density at radius 1 is 1.18 bits per heavy atom. The minimum absolute atomic E-state index is 0.200. The summed E-state index contributed by atoms with van der Waals surface area (Å²) in [6.07, 6.45) is 4.22. The highest BCUT2D eigenvalue weighted by Gasteiger charge is 2.57. The number of amides is 2. The molecule has 0 radical (unpaired) electrons. The SMILES string of the molecule is CC/C(=C\c1ccc(O)c(F)c1)CC[C@H]1OC[C@H]2C1=C(COC)C[C@H]1C(=O)N(c3cccc(B(O)O)c3)C(=O)[C@H]12. The lowest BCUT2D eigenvalue weighted by Crippen LogP contribution is -2.36. The van der Waals surface area contributed by atoms with Gasteiger partial charge in [0.2, 0.25) is 11.8 Å². The van der Waals surface area contributed by atoms with E-state index in [-0.39, 0.29) is 35.0 Å². The number of allylic oxidation sites excluding steroid dienone is 1. The van der Waals surface area contributed by atoms with E-state index in [9.17, 15) is 29.1 Å². The molecule has 1 aliphatic carbocycles. The molecule has 5 rings (SSSR count). The third-order valence-corrected chi connectivity index (χ3v) is 8.28. The molecule has 210 valence electrons. The molecule has 8 nitrogen and oxygen atoms in total. The van der Waals surface area contributed by atoms with Gasteiger partial charge >= 0.3 is 7.12 Å². The summed E-state index contributed by atoms with van der Waals surface area (Å²) in [5, 5.41) is 28.7. The molecule has 0 bridgehead atoms. The molecule has 0 spiro atoms. The number of phenolic OH excluding ortho intramolecular Hbond substituents is 1. The van der Waals surface area contributed by atoms with E-state index in [0.29, 0.717) is 43.7 Å². The number of aromatic hydroxyl groups is 1. The molecule has 0 saturated carbocycles. The number of hydrogen-bond acceptors (Lipinski definition) is 7. The molecular formula is C30H33BFNO7. The van der Waals surface area contributed by atoms with Gasteiger partial charge in [0.25, 0.3) is 0 Å². The molecule has 0 unspecified atom stereocenters. The summed E-state index contributed by atoms with van der Waals surface area (Å²) in [7, 11) is -0.107. The number of carbonyl (C=O) groups is 2. The van der Waals surface area contributed by atoms with Crippen LogP contribution in [0, 0.1) is 23.6 Å². The Labute approximate surface area is 232 Å². The van der Waals surface area contributed by atoms with Gasteiger partial charge in [0, 0.05) is 13.0 Å². The minimum atomic E-state index is -1.71. The van der Waals surface area contributed by atoms with Crippen molar-refractivity contribution in [1.82, 2.24) is 0 Å². The number of halogens is 1. The summed E-state index contributed by atoms with van der Waals surface area (Å²) in [4.78, 5) is 28.5. The van der Waals surface area contributed by atoms with Gasteiger partial charge in [0.05, 0.1) is 36.8 Å². The van der Waals surface area contributed by atoms with Crippen molar-refractivity contribution < 1.29 is 38.6 Å². The zero-order valence-corrected chi connectivity index (χ0v) is 22.5. The van der Waals surface area contributed by atoms with Crippen LogP contribution in [0.2, 0.25) is 0 Å². The van der Waals surface area contributed by atoms with E-state index >= 15 is 0 Å². The number of phenols is 1. The second-order valence-corrected chi connectivity index (χ2v) is 10.6. The lowest BCUT2D eigenvalue weighted by atomic mass is 9.69. The maximum absolute atomic E-state index is 13.8. The number of nitrogens with zero attached hydrogens (tertiary/aromatic N) is 1. The Morgan fingerprint density at radius 2 is 1.98 bits per heavy atom. The topological polar surface area (TPSA) is 117 Å². The fourth-order valence-corrected chi connectivity index (χ4v) is 6.37. The van der Waals surface area contributed by atoms with Crippen LogP contribution in [-0.4, -0.2) is 60.5 Å². The van der Waals surface area contributed by atoms with Gasteiger partial charge in [-0.05, 0) is 72.1 Å². The van der Waals surface area contributed by atoms with E-state index < -0.39 is 24.8 Å². The van der Waals surface area contributed by atoms with Crippen molar-refractivity contribution in [1.29, 1.82) is 0 Å². The minimum Gasteiger partial charge on any atom is -0.505 e. The molecule has 2 saturated heterocycles. The molecule has 40 heavy (non-hydrogen) atoms. The van der Waals surface area contributed by atoms with E-state index in [1.54, 1.807) is 25.3 Å². The van der Waals surface area contributed by atoms with Crippen molar-refractivity contribution in [3.63, 3.8) is 0 Å². The highest BCUT2D eigenvalue weighted by molar-refractivity contribution is 6.58. The monoisotopic (exact) mass is 549 g/mol. The van der Waals surface area contributed by atoms with Crippen LogP contribution in [0.15, 0.2) is 59.2 Å². The molecule has 2 heterocycles. The molecule has 2 aliphatic heterocycles. The molecule has 2 aromatic rings. The fourth-order valence-electron chi connectivity index (χ4n) is 6.37. The highest BCUT2D eigenvalue weighted by Crippen LogP contribution is 2.50. The summed E-state index contributed by atoms with van der Waals surface area (Å²) in [5.41, 5.74) is 4.32. The third kappa shape index (κ3) is 5.24. The Kier molecular flexibility index (Phi) is 8.23. The standard InChI is InChI=1S/C30H33BFNO7/c1-3-17(11-18-7-9-25(34)24(32)12-18)8-10-26-27-19(15-39-2)13-22-28(23(27)16-40-26)30(36)33(29(22)35)21-6-4-5-20(14-21)31(37)38/h4-7,9,11-12,14,22-23,26,28,34,37-38H,3,8,10,13,15-16H2,1-2H3/b17-11+/t22-,23+,26-,28-/m1/s1. The second kappa shape index (κ2) is 11.7. The first-order valence-electron chi connectivity index (χ1n) is 13.6. The van der Waals surface area contributed by atoms with Crippen LogP contribution in [0.1, 0.15) is 38.2 Å². The summed E-state index contributed by atoms with van der Waals surface area (Å²) < 4.78 is 25.6. The van der Waals surface area contributed by atoms with Gasteiger partial charge in [-0.1, -0.05) is 36.8 Å². The van der Waals surface area contributed by atoms with Crippen molar-refractivity contribution in [3.8, 4) is 5.75 Å². The zero-order chi connectivity index (χ0) is 28.6. The van der Waals surface area contributed by atoms with Crippen LogP contribution in [0.3, 0.4) is 0 Å². The average molecular weight is 549 g/mol. The van der Waals surface area contributed by atoms with Crippen LogP contribution in [0.4, 0.5) is 10.1 Å². The number of methoxy groups -OCH3 is 1. The van der Waals surface area contributed by atoms with E-state index in [0.717, 1.165) is 23.1 Å². The molecule has 2 amide bonds. The lowest BCUT2D eigenvalue weighted by Gasteiger charge is -2.31. The Morgan fingerprint density at radius 3 is 2.67 bits per heavy atom. The largest absolute Gasteiger partial charge is 0.505 e. The number of anilines is 1. The average Bonchev–Trinajstić information content (AvgIpc) is 3.47. The number of benzene rings is 2.